The van der Waals surface area contributed by atoms with Crippen molar-refractivity contribution >= 4 is 34.0 Å². The number of amides is 1. The number of hydrogen-bond acceptors (Lipinski definition) is 4. The summed E-state index contributed by atoms with van der Waals surface area (Å²) in [6.07, 6.45) is 2.53. The molecule has 94 valence electrons. The lowest BCUT2D eigenvalue weighted by molar-refractivity contribution is -0.114. The van der Waals surface area contributed by atoms with Crippen LogP contribution in [0.2, 0.25) is 5.02 Å². The van der Waals surface area contributed by atoms with Gasteiger partial charge in [0.1, 0.15) is 0 Å². The fourth-order valence-corrected chi connectivity index (χ4v) is 2.41. The summed E-state index contributed by atoms with van der Waals surface area (Å²) in [7, 11) is 0. The fraction of sp³-hybridized carbons (Fsp3) is 0.167. The average Bonchev–Trinajstić information content (AvgIpc) is 2.79. The highest BCUT2D eigenvalue weighted by Gasteiger charge is 2.05. The van der Waals surface area contributed by atoms with Crippen molar-refractivity contribution in [2.24, 2.45) is 5.73 Å². The van der Waals surface area contributed by atoms with Gasteiger partial charge in [0.25, 0.3) is 0 Å². The van der Waals surface area contributed by atoms with Crippen LogP contribution in [0.25, 0.3) is 0 Å². The molecule has 2 rings (SSSR count). The van der Waals surface area contributed by atoms with E-state index in [1.165, 1.54) is 11.3 Å². The van der Waals surface area contributed by atoms with E-state index in [1.54, 1.807) is 6.20 Å². The maximum Gasteiger partial charge on any atom is 0.239 e. The number of thiazole rings is 1. The van der Waals surface area contributed by atoms with Gasteiger partial charge in [-0.1, -0.05) is 23.7 Å². The first-order valence-electron chi connectivity index (χ1n) is 5.36. The van der Waals surface area contributed by atoms with Crippen LogP contribution in [0.5, 0.6) is 0 Å². The summed E-state index contributed by atoms with van der Waals surface area (Å²) in [6.45, 7) is -0.0356. The van der Waals surface area contributed by atoms with Crippen LogP contribution in [0.3, 0.4) is 0 Å². The Kier molecular flexibility index (Phi) is 4.30. The fourth-order valence-electron chi connectivity index (χ4n) is 1.42. The number of nitrogens with two attached hydrogens (primary N) is 1. The molecular formula is C12H12ClN3OS. The summed E-state index contributed by atoms with van der Waals surface area (Å²) >= 11 is 7.27. The van der Waals surface area contributed by atoms with Crippen molar-refractivity contribution in [3.8, 4) is 0 Å². The van der Waals surface area contributed by atoms with Crippen LogP contribution >= 0.6 is 22.9 Å². The molecule has 1 amide bonds. The predicted molar refractivity (Wildman–Crippen MR) is 74.1 cm³/mol. The summed E-state index contributed by atoms with van der Waals surface area (Å²) in [5.41, 5.74) is 6.37. The van der Waals surface area contributed by atoms with E-state index in [4.69, 9.17) is 17.3 Å². The number of halogens is 1. The van der Waals surface area contributed by atoms with Gasteiger partial charge in [0, 0.05) is 22.5 Å². The molecule has 0 saturated carbocycles. The molecule has 1 aromatic carbocycles. The molecular weight excluding hydrogens is 270 g/mol. The van der Waals surface area contributed by atoms with Gasteiger partial charge in [0.05, 0.1) is 6.54 Å². The number of carbonyl (C=O) groups is 1. The van der Waals surface area contributed by atoms with Gasteiger partial charge in [0.2, 0.25) is 5.91 Å². The van der Waals surface area contributed by atoms with Crippen molar-refractivity contribution in [2.45, 2.75) is 6.42 Å². The van der Waals surface area contributed by atoms with Crippen LogP contribution in [0.4, 0.5) is 5.13 Å². The third kappa shape index (κ3) is 3.53. The van der Waals surface area contributed by atoms with E-state index in [-0.39, 0.29) is 12.5 Å². The lowest BCUT2D eigenvalue weighted by atomic mass is 10.1. The van der Waals surface area contributed by atoms with Gasteiger partial charge in [0.15, 0.2) is 5.13 Å². The first-order valence-corrected chi connectivity index (χ1v) is 6.56. The Morgan fingerprint density at radius 3 is 2.78 bits per heavy atom. The number of nitrogens with one attached hydrogen (secondary N) is 1. The molecule has 18 heavy (non-hydrogen) atoms. The summed E-state index contributed by atoms with van der Waals surface area (Å²) in [4.78, 5) is 16.3. The highest BCUT2D eigenvalue weighted by Crippen LogP contribution is 2.21. The van der Waals surface area contributed by atoms with Crippen LogP contribution in [-0.2, 0) is 11.2 Å². The van der Waals surface area contributed by atoms with E-state index >= 15 is 0 Å². The number of rotatable bonds is 4. The Bertz CT molecular complexity index is 539. The van der Waals surface area contributed by atoms with Crippen molar-refractivity contribution in [2.75, 3.05) is 11.9 Å². The molecule has 0 atom stereocenters. The first-order chi connectivity index (χ1) is 8.67. The smallest absolute Gasteiger partial charge is 0.239 e. The van der Waals surface area contributed by atoms with Gasteiger partial charge in [-0.3, -0.25) is 4.79 Å². The third-order valence-electron chi connectivity index (χ3n) is 2.28. The molecule has 0 aliphatic carbocycles. The Balaban J connectivity index is 2.02. The minimum absolute atomic E-state index is 0.0356. The zero-order chi connectivity index (χ0) is 13.0. The molecule has 0 spiro atoms. The average molecular weight is 282 g/mol. The summed E-state index contributed by atoms with van der Waals surface area (Å²) in [5, 5.41) is 3.93. The number of anilines is 1. The first kappa shape index (κ1) is 13.0. The van der Waals surface area contributed by atoms with Crippen LogP contribution in [-0.4, -0.2) is 17.4 Å². The highest BCUT2D eigenvalue weighted by atomic mass is 35.5. The van der Waals surface area contributed by atoms with Crippen molar-refractivity contribution in [1.82, 2.24) is 4.98 Å². The molecule has 2 aromatic rings. The Morgan fingerprint density at radius 1 is 1.39 bits per heavy atom. The van der Waals surface area contributed by atoms with Crippen LogP contribution in [0.15, 0.2) is 30.5 Å². The molecule has 0 unspecified atom stereocenters. The van der Waals surface area contributed by atoms with E-state index in [0.29, 0.717) is 5.13 Å². The standard InChI is InChI=1S/C12H12ClN3OS/c13-9-3-1-8(2-4-9)5-10-7-15-12(18-10)16-11(17)6-14/h1-4,7H,5-6,14H2,(H,15,16,17). The predicted octanol–water partition coefficient (Wildman–Crippen LogP) is 2.28. The second-order valence-electron chi connectivity index (χ2n) is 3.69. The second-order valence-corrected chi connectivity index (χ2v) is 5.24. The maximum absolute atomic E-state index is 11.1. The lowest BCUT2D eigenvalue weighted by Crippen LogP contribution is -2.21. The number of hydrogen-bond donors (Lipinski definition) is 2. The van der Waals surface area contributed by atoms with Gasteiger partial charge < -0.3 is 11.1 Å². The maximum atomic E-state index is 11.1. The molecule has 0 radical (unpaired) electrons. The Labute approximate surface area is 114 Å². The largest absolute Gasteiger partial charge is 0.322 e. The minimum atomic E-state index is -0.234. The topological polar surface area (TPSA) is 68.0 Å². The Morgan fingerprint density at radius 2 is 2.11 bits per heavy atom. The van der Waals surface area contributed by atoms with Gasteiger partial charge in [-0.25, -0.2) is 4.98 Å². The zero-order valence-corrected chi connectivity index (χ0v) is 11.1. The molecule has 0 fully saturated rings. The van der Waals surface area contributed by atoms with Crippen LogP contribution in [0.1, 0.15) is 10.4 Å². The third-order valence-corrected chi connectivity index (χ3v) is 3.44. The summed E-state index contributed by atoms with van der Waals surface area (Å²) in [5.74, 6) is -0.234. The normalized spacial score (nSPS) is 10.3. The van der Waals surface area contributed by atoms with E-state index in [0.717, 1.165) is 21.9 Å². The number of nitrogens with zero attached hydrogens (tertiary/aromatic N) is 1. The summed E-state index contributed by atoms with van der Waals surface area (Å²) < 4.78 is 0. The minimum Gasteiger partial charge on any atom is -0.322 e. The quantitative estimate of drug-likeness (QED) is 0.903. The van der Waals surface area contributed by atoms with Gasteiger partial charge in [-0.2, -0.15) is 0 Å². The van der Waals surface area contributed by atoms with Crippen molar-refractivity contribution in [3.05, 3.63) is 45.9 Å². The Hall–Kier alpha value is -1.43. The van der Waals surface area contributed by atoms with Crippen molar-refractivity contribution in [3.63, 3.8) is 0 Å². The van der Waals surface area contributed by atoms with Gasteiger partial charge in [-0.05, 0) is 17.7 Å². The van der Waals surface area contributed by atoms with E-state index in [1.807, 2.05) is 24.3 Å². The molecule has 0 bridgehead atoms. The highest BCUT2D eigenvalue weighted by molar-refractivity contribution is 7.15. The molecule has 6 heteroatoms. The van der Waals surface area contributed by atoms with Gasteiger partial charge >= 0.3 is 0 Å². The van der Waals surface area contributed by atoms with Gasteiger partial charge in [-0.15, -0.1) is 11.3 Å². The molecule has 4 nitrogen and oxygen atoms in total. The molecule has 0 saturated heterocycles. The molecule has 1 aromatic heterocycles. The molecule has 3 N–H and O–H groups in total. The van der Waals surface area contributed by atoms with Crippen molar-refractivity contribution < 1.29 is 4.79 Å². The number of carbonyl (C=O) groups excluding carboxylic acids is 1. The van der Waals surface area contributed by atoms with Crippen LogP contribution in [0, 0.1) is 0 Å². The van der Waals surface area contributed by atoms with E-state index in [2.05, 4.69) is 10.3 Å². The van der Waals surface area contributed by atoms with E-state index in [9.17, 15) is 4.79 Å². The van der Waals surface area contributed by atoms with E-state index < -0.39 is 0 Å². The monoisotopic (exact) mass is 281 g/mol. The van der Waals surface area contributed by atoms with Crippen LogP contribution < -0.4 is 11.1 Å². The second kappa shape index (κ2) is 5.95. The number of aromatic nitrogens is 1. The SMILES string of the molecule is NCC(=O)Nc1ncc(Cc2ccc(Cl)cc2)s1. The van der Waals surface area contributed by atoms with Crippen molar-refractivity contribution in [1.29, 1.82) is 0 Å². The zero-order valence-electron chi connectivity index (χ0n) is 9.52. The molecule has 0 aliphatic rings. The number of benzene rings is 1. The molecule has 1 heterocycles. The lowest BCUT2D eigenvalue weighted by Gasteiger charge is -1.98. The molecule has 0 aliphatic heterocycles. The summed E-state index contributed by atoms with van der Waals surface area (Å²) in [6, 6.07) is 7.66.